The quantitative estimate of drug-likeness (QED) is 0.852. The van der Waals surface area contributed by atoms with Crippen LogP contribution in [0.2, 0.25) is 5.02 Å². The largest absolute Gasteiger partial charge is 0.493 e. The third kappa shape index (κ3) is 1.78. The molecule has 1 N–H and O–H groups in total. The molecule has 92 valence electrons. The Morgan fingerprint density at radius 3 is 2.67 bits per heavy atom. The van der Waals surface area contributed by atoms with Crippen LogP contribution >= 0.6 is 11.6 Å². The Morgan fingerprint density at radius 2 is 1.89 bits per heavy atom. The van der Waals surface area contributed by atoms with Crippen LogP contribution in [0.25, 0.3) is 0 Å². The molecule has 2 aromatic carbocycles. The van der Waals surface area contributed by atoms with E-state index in [0.717, 1.165) is 11.1 Å². The highest BCUT2D eigenvalue weighted by Crippen LogP contribution is 2.42. The molecule has 3 rings (SSSR count). The Labute approximate surface area is 111 Å². The minimum atomic E-state index is -0.987. The molecule has 0 aliphatic carbocycles. The molecular weight excluding hydrogens is 248 g/mol. The second-order valence-electron chi connectivity index (χ2n) is 4.47. The number of ether oxygens (including phenoxy) is 1. The maximum absolute atomic E-state index is 11.0. The van der Waals surface area contributed by atoms with Crippen LogP contribution in [0.4, 0.5) is 0 Å². The van der Waals surface area contributed by atoms with Gasteiger partial charge >= 0.3 is 0 Å². The van der Waals surface area contributed by atoms with Gasteiger partial charge in [-0.15, -0.1) is 0 Å². The lowest BCUT2D eigenvalue weighted by molar-refractivity contribution is 0.0349. The van der Waals surface area contributed by atoms with E-state index < -0.39 is 5.60 Å². The van der Waals surface area contributed by atoms with Gasteiger partial charge < -0.3 is 9.84 Å². The summed E-state index contributed by atoms with van der Waals surface area (Å²) in [6, 6.07) is 15.0. The summed E-state index contributed by atoms with van der Waals surface area (Å²) in [6.07, 6.45) is 0.547. The first-order valence-corrected chi connectivity index (χ1v) is 6.29. The molecule has 0 fully saturated rings. The first-order valence-electron chi connectivity index (χ1n) is 5.91. The fourth-order valence-corrected chi connectivity index (χ4v) is 2.58. The van der Waals surface area contributed by atoms with Gasteiger partial charge in [-0.25, -0.2) is 0 Å². The Bertz CT molecular complexity index is 568. The number of hydrogen-bond acceptors (Lipinski definition) is 2. The second-order valence-corrected chi connectivity index (χ2v) is 4.90. The van der Waals surface area contributed by atoms with Crippen LogP contribution in [0.15, 0.2) is 48.5 Å². The lowest BCUT2D eigenvalue weighted by Crippen LogP contribution is -2.33. The molecule has 0 bridgehead atoms. The van der Waals surface area contributed by atoms with E-state index in [4.69, 9.17) is 16.3 Å². The molecule has 1 unspecified atom stereocenters. The zero-order valence-corrected chi connectivity index (χ0v) is 10.5. The Kier molecular flexibility index (Phi) is 2.77. The summed E-state index contributed by atoms with van der Waals surface area (Å²) in [5, 5.41) is 11.6. The van der Waals surface area contributed by atoms with Crippen molar-refractivity contribution < 1.29 is 9.84 Å². The molecular formula is C15H13ClO2. The highest BCUT2D eigenvalue weighted by molar-refractivity contribution is 6.30. The third-order valence-electron chi connectivity index (χ3n) is 3.36. The number of halogens is 1. The minimum Gasteiger partial charge on any atom is -0.493 e. The van der Waals surface area contributed by atoms with Gasteiger partial charge in [-0.3, -0.25) is 0 Å². The van der Waals surface area contributed by atoms with E-state index in [1.165, 1.54) is 0 Å². The molecule has 18 heavy (non-hydrogen) atoms. The maximum atomic E-state index is 11.0. The maximum Gasteiger partial charge on any atom is 0.127 e. The van der Waals surface area contributed by atoms with Crippen molar-refractivity contribution in [2.75, 3.05) is 6.61 Å². The van der Waals surface area contributed by atoms with Crippen molar-refractivity contribution in [1.82, 2.24) is 0 Å². The topological polar surface area (TPSA) is 29.5 Å². The fourth-order valence-electron chi connectivity index (χ4n) is 2.41. The SMILES string of the molecule is OC1(c2ccccc2)CCOc2cc(Cl)ccc21. The number of hydrogen-bond donors (Lipinski definition) is 1. The number of fused-ring (bicyclic) bond motifs is 1. The molecule has 1 aliphatic rings. The summed E-state index contributed by atoms with van der Waals surface area (Å²) < 4.78 is 5.58. The van der Waals surface area contributed by atoms with Crippen LogP contribution in [-0.2, 0) is 5.60 Å². The summed E-state index contributed by atoms with van der Waals surface area (Å²) in [5.74, 6) is 0.667. The van der Waals surface area contributed by atoms with Crippen LogP contribution in [0.5, 0.6) is 5.75 Å². The van der Waals surface area contributed by atoms with Gasteiger partial charge in [0.2, 0.25) is 0 Å². The molecule has 2 aromatic rings. The van der Waals surface area contributed by atoms with E-state index >= 15 is 0 Å². The first-order chi connectivity index (χ1) is 8.70. The van der Waals surface area contributed by atoms with Crippen molar-refractivity contribution >= 4 is 11.6 Å². The van der Waals surface area contributed by atoms with Gasteiger partial charge in [-0.2, -0.15) is 0 Å². The smallest absolute Gasteiger partial charge is 0.127 e. The standard InChI is InChI=1S/C15H13ClO2/c16-12-6-7-13-14(10-12)18-9-8-15(13,17)11-4-2-1-3-5-11/h1-7,10,17H,8-9H2. The second kappa shape index (κ2) is 4.30. The Hall–Kier alpha value is -1.51. The summed E-state index contributed by atoms with van der Waals surface area (Å²) in [4.78, 5) is 0. The van der Waals surface area contributed by atoms with E-state index in [2.05, 4.69) is 0 Å². The normalized spacial score (nSPS) is 22.1. The highest BCUT2D eigenvalue weighted by Gasteiger charge is 2.37. The summed E-state index contributed by atoms with van der Waals surface area (Å²) in [7, 11) is 0. The van der Waals surface area contributed by atoms with Gasteiger partial charge in [0.1, 0.15) is 11.4 Å². The van der Waals surface area contributed by atoms with E-state index in [9.17, 15) is 5.11 Å². The monoisotopic (exact) mass is 260 g/mol. The molecule has 1 atom stereocenters. The van der Waals surface area contributed by atoms with Gasteiger partial charge in [0.15, 0.2) is 0 Å². The lowest BCUT2D eigenvalue weighted by atomic mass is 9.82. The van der Waals surface area contributed by atoms with E-state index in [1.807, 2.05) is 36.4 Å². The fraction of sp³-hybridized carbons (Fsp3) is 0.200. The molecule has 1 aliphatic heterocycles. The lowest BCUT2D eigenvalue weighted by Gasteiger charge is -2.34. The molecule has 1 heterocycles. The highest BCUT2D eigenvalue weighted by atomic mass is 35.5. The van der Waals surface area contributed by atoms with Crippen molar-refractivity contribution in [3.05, 3.63) is 64.7 Å². The Balaban J connectivity index is 2.16. The van der Waals surface area contributed by atoms with Crippen LogP contribution < -0.4 is 4.74 Å². The summed E-state index contributed by atoms with van der Waals surface area (Å²) >= 11 is 5.95. The molecule has 2 nitrogen and oxygen atoms in total. The predicted octanol–water partition coefficient (Wildman–Crippen LogP) is 3.36. The molecule has 0 saturated heterocycles. The van der Waals surface area contributed by atoms with Crippen LogP contribution in [0.3, 0.4) is 0 Å². The van der Waals surface area contributed by atoms with Crippen molar-refractivity contribution in [1.29, 1.82) is 0 Å². The van der Waals surface area contributed by atoms with Crippen LogP contribution in [0.1, 0.15) is 17.5 Å². The van der Waals surface area contributed by atoms with E-state index in [1.54, 1.807) is 12.1 Å². The average Bonchev–Trinajstić information content (AvgIpc) is 2.40. The van der Waals surface area contributed by atoms with Crippen molar-refractivity contribution in [3.63, 3.8) is 0 Å². The molecule has 0 aromatic heterocycles. The summed E-state index contributed by atoms with van der Waals surface area (Å²) in [6.45, 7) is 0.485. The average molecular weight is 261 g/mol. The van der Waals surface area contributed by atoms with Crippen molar-refractivity contribution in [3.8, 4) is 5.75 Å². The Morgan fingerprint density at radius 1 is 1.11 bits per heavy atom. The van der Waals surface area contributed by atoms with Crippen LogP contribution in [0, 0.1) is 0 Å². The van der Waals surface area contributed by atoms with Crippen molar-refractivity contribution in [2.45, 2.75) is 12.0 Å². The minimum absolute atomic E-state index is 0.485. The first kappa shape index (κ1) is 11.6. The van der Waals surface area contributed by atoms with Gasteiger partial charge in [0.05, 0.1) is 6.61 Å². The van der Waals surface area contributed by atoms with E-state index in [0.29, 0.717) is 23.8 Å². The van der Waals surface area contributed by atoms with Gasteiger partial charge in [0, 0.05) is 17.0 Å². The molecule has 3 heteroatoms. The number of aliphatic hydroxyl groups is 1. The van der Waals surface area contributed by atoms with Crippen LogP contribution in [-0.4, -0.2) is 11.7 Å². The number of rotatable bonds is 1. The zero-order valence-electron chi connectivity index (χ0n) is 9.77. The van der Waals surface area contributed by atoms with Gasteiger partial charge in [-0.1, -0.05) is 48.0 Å². The summed E-state index contributed by atoms with van der Waals surface area (Å²) in [5.41, 5.74) is 0.681. The van der Waals surface area contributed by atoms with Gasteiger partial charge in [0.25, 0.3) is 0 Å². The molecule has 0 radical (unpaired) electrons. The molecule has 0 spiro atoms. The zero-order chi connectivity index (χ0) is 12.6. The third-order valence-corrected chi connectivity index (χ3v) is 3.60. The molecule has 0 amide bonds. The number of benzene rings is 2. The predicted molar refractivity (Wildman–Crippen MR) is 71.0 cm³/mol. The van der Waals surface area contributed by atoms with Crippen molar-refractivity contribution in [2.24, 2.45) is 0 Å². The van der Waals surface area contributed by atoms with Gasteiger partial charge in [-0.05, 0) is 17.7 Å². The molecule has 0 saturated carbocycles. The van der Waals surface area contributed by atoms with E-state index in [-0.39, 0.29) is 0 Å².